The number of aliphatic hydroxyl groups is 2. The fourth-order valence-corrected chi connectivity index (χ4v) is 12.7. The fraction of sp³-hybridized carbons (Fsp3) is 0.969. The summed E-state index contributed by atoms with van der Waals surface area (Å²) in [7, 11) is 0. The second-order valence-corrected chi connectivity index (χ2v) is 16.0. The van der Waals surface area contributed by atoms with E-state index in [-0.39, 0.29) is 46.5 Å². The molecule has 7 rings (SSSR count). The van der Waals surface area contributed by atoms with Crippen LogP contribution in [0.2, 0.25) is 0 Å². The first kappa shape index (κ1) is 26.2. The average molecular weight is 530 g/mol. The lowest BCUT2D eigenvalue weighted by atomic mass is 9.41. The zero-order chi connectivity index (χ0) is 27.0. The fourth-order valence-electron chi connectivity index (χ4n) is 12.7. The van der Waals surface area contributed by atoms with Gasteiger partial charge in [0.05, 0.1) is 43.7 Å². The Morgan fingerprint density at radius 3 is 2.32 bits per heavy atom. The highest BCUT2D eigenvalue weighted by Gasteiger charge is 2.84. The molecule has 5 aliphatic carbocycles. The molecule has 2 heterocycles. The monoisotopic (exact) mass is 529 g/mol. The molecule has 12 atom stereocenters. The number of aliphatic hydroxyl groups excluding tert-OH is 2. The van der Waals surface area contributed by atoms with Gasteiger partial charge < -0.3 is 24.6 Å². The third-order valence-electron chi connectivity index (χ3n) is 14.7. The molecule has 0 bridgehead atoms. The standard InChI is InChI=1S/C32H51NO5/c1-18-13-21(14-33(19(2)34)20-15-37-16-20)38-26-25(18)29(5)11-12-32-17-31(32)10-9-24(35)28(3,4)22(31)7-8-23(32)30(29,6)27(26)36/h18,20-27,35-36H,7-17H2,1-6H3/t18-,21?,22+,23?,24+,25+,26?,27+,29-,30-,31-,32+/m1/s1. The van der Waals surface area contributed by atoms with Crippen molar-refractivity contribution in [3.8, 4) is 0 Å². The quantitative estimate of drug-likeness (QED) is 0.566. The lowest BCUT2D eigenvalue weighted by Crippen LogP contribution is -2.59. The molecule has 5 saturated carbocycles. The van der Waals surface area contributed by atoms with E-state index in [1.54, 1.807) is 6.92 Å². The number of amides is 1. The molecule has 38 heavy (non-hydrogen) atoms. The van der Waals surface area contributed by atoms with Gasteiger partial charge in [-0.05, 0) is 96.7 Å². The summed E-state index contributed by atoms with van der Waals surface area (Å²) in [5.74, 6) is 2.01. The van der Waals surface area contributed by atoms with Crippen LogP contribution in [0.4, 0.5) is 0 Å². The number of rotatable bonds is 3. The van der Waals surface area contributed by atoms with E-state index in [2.05, 4.69) is 34.6 Å². The van der Waals surface area contributed by atoms with Gasteiger partial charge in [0.25, 0.3) is 0 Å². The Morgan fingerprint density at radius 1 is 0.974 bits per heavy atom. The molecule has 214 valence electrons. The minimum Gasteiger partial charge on any atom is -0.393 e. The molecule has 0 aromatic rings. The minimum atomic E-state index is -0.473. The number of carbonyl (C=O) groups is 1. The first-order chi connectivity index (χ1) is 17.8. The topological polar surface area (TPSA) is 79.2 Å². The van der Waals surface area contributed by atoms with Crippen molar-refractivity contribution in [1.29, 1.82) is 0 Å². The van der Waals surface area contributed by atoms with Crippen LogP contribution in [0.1, 0.15) is 92.9 Å². The Balaban J connectivity index is 1.19. The van der Waals surface area contributed by atoms with E-state index in [9.17, 15) is 15.0 Å². The largest absolute Gasteiger partial charge is 0.393 e. The molecule has 2 spiro atoms. The van der Waals surface area contributed by atoms with Crippen molar-refractivity contribution in [1.82, 2.24) is 4.90 Å². The average Bonchev–Trinajstić information content (AvgIpc) is 3.45. The van der Waals surface area contributed by atoms with Crippen LogP contribution in [0.15, 0.2) is 0 Å². The summed E-state index contributed by atoms with van der Waals surface area (Å²) in [6, 6.07) is 0.162. The van der Waals surface area contributed by atoms with Crippen molar-refractivity contribution in [3.63, 3.8) is 0 Å². The Morgan fingerprint density at radius 2 is 1.66 bits per heavy atom. The van der Waals surface area contributed by atoms with Gasteiger partial charge in [0.2, 0.25) is 5.91 Å². The van der Waals surface area contributed by atoms with Crippen molar-refractivity contribution in [2.24, 2.45) is 50.7 Å². The lowest BCUT2D eigenvalue weighted by Gasteiger charge is -2.63. The molecule has 6 heteroatoms. The Labute approximate surface area is 229 Å². The highest BCUT2D eigenvalue weighted by molar-refractivity contribution is 5.73. The van der Waals surface area contributed by atoms with Crippen molar-refractivity contribution >= 4 is 5.91 Å². The maximum absolute atomic E-state index is 12.5. The molecule has 1 amide bonds. The van der Waals surface area contributed by atoms with Gasteiger partial charge in [0.15, 0.2) is 0 Å². The predicted octanol–water partition coefficient (Wildman–Crippen LogP) is 4.41. The third kappa shape index (κ3) is 2.92. The van der Waals surface area contributed by atoms with E-state index in [1.165, 1.54) is 32.1 Å². The van der Waals surface area contributed by atoms with E-state index in [0.29, 0.717) is 54.3 Å². The first-order valence-electron chi connectivity index (χ1n) is 15.7. The van der Waals surface area contributed by atoms with Crippen molar-refractivity contribution in [2.45, 2.75) is 123 Å². The SMILES string of the molecule is CC(=O)N(CC1C[C@@H](C)[C@H]2C(O1)[C@H](O)[C@@]1(C)C3CC[C@H]4C(C)(C)[C@@H](O)CC[C@@]45C[C@@]35CC[C@]21C)C1COC1. The molecule has 0 aromatic carbocycles. The van der Waals surface area contributed by atoms with E-state index < -0.39 is 6.10 Å². The lowest BCUT2D eigenvalue weighted by molar-refractivity contribution is -0.182. The summed E-state index contributed by atoms with van der Waals surface area (Å²) in [5, 5.41) is 23.3. The van der Waals surface area contributed by atoms with Crippen LogP contribution >= 0.6 is 0 Å². The van der Waals surface area contributed by atoms with Gasteiger partial charge in [-0.2, -0.15) is 0 Å². The molecular formula is C32H51NO5. The molecule has 0 radical (unpaired) electrons. The number of carbonyl (C=O) groups excluding carboxylic acids is 1. The van der Waals surface area contributed by atoms with E-state index in [1.807, 2.05) is 4.90 Å². The number of hydrogen-bond donors (Lipinski definition) is 2. The molecule has 2 N–H and O–H groups in total. The summed E-state index contributed by atoms with van der Waals surface area (Å²) < 4.78 is 12.3. The molecule has 6 nitrogen and oxygen atoms in total. The maximum Gasteiger partial charge on any atom is 0.219 e. The molecular weight excluding hydrogens is 478 g/mol. The van der Waals surface area contributed by atoms with Crippen LogP contribution < -0.4 is 0 Å². The van der Waals surface area contributed by atoms with Crippen molar-refractivity contribution < 1.29 is 24.5 Å². The number of ether oxygens (including phenoxy) is 2. The summed E-state index contributed by atoms with van der Waals surface area (Å²) in [5.41, 5.74) is 0.558. The van der Waals surface area contributed by atoms with Crippen LogP contribution in [0.25, 0.3) is 0 Å². The Bertz CT molecular complexity index is 1010. The Hall–Kier alpha value is -0.690. The van der Waals surface area contributed by atoms with Gasteiger partial charge in [-0.1, -0.05) is 34.6 Å². The normalized spacial score (nSPS) is 56.4. The zero-order valence-corrected chi connectivity index (χ0v) is 24.5. The summed E-state index contributed by atoms with van der Waals surface area (Å²) in [6.07, 6.45) is 8.29. The maximum atomic E-state index is 12.5. The van der Waals surface area contributed by atoms with Gasteiger partial charge in [0, 0.05) is 18.9 Å². The van der Waals surface area contributed by atoms with Crippen molar-refractivity contribution in [3.05, 3.63) is 0 Å². The molecule has 2 aliphatic heterocycles. The van der Waals surface area contributed by atoms with Gasteiger partial charge in [-0.15, -0.1) is 0 Å². The summed E-state index contributed by atoms with van der Waals surface area (Å²) in [6.45, 7) is 15.4. The number of fused-ring (bicyclic) bond motifs is 4. The first-order valence-corrected chi connectivity index (χ1v) is 15.7. The molecule has 3 unspecified atom stereocenters. The third-order valence-corrected chi connectivity index (χ3v) is 14.7. The van der Waals surface area contributed by atoms with Crippen LogP contribution in [0, 0.1) is 50.7 Å². The van der Waals surface area contributed by atoms with Crippen LogP contribution in [0.5, 0.6) is 0 Å². The predicted molar refractivity (Wildman–Crippen MR) is 144 cm³/mol. The second-order valence-electron chi connectivity index (χ2n) is 16.0. The Kier molecular flexibility index (Phi) is 5.51. The highest BCUT2D eigenvalue weighted by atomic mass is 16.5. The molecule has 0 aromatic heterocycles. The van der Waals surface area contributed by atoms with E-state index in [0.717, 1.165) is 19.3 Å². The van der Waals surface area contributed by atoms with E-state index in [4.69, 9.17) is 9.47 Å². The van der Waals surface area contributed by atoms with Gasteiger partial charge in [0.1, 0.15) is 0 Å². The van der Waals surface area contributed by atoms with Crippen LogP contribution in [-0.4, -0.2) is 71.2 Å². The van der Waals surface area contributed by atoms with Gasteiger partial charge in [-0.3, -0.25) is 4.79 Å². The van der Waals surface area contributed by atoms with Crippen molar-refractivity contribution in [2.75, 3.05) is 19.8 Å². The summed E-state index contributed by atoms with van der Waals surface area (Å²) in [4.78, 5) is 14.4. The van der Waals surface area contributed by atoms with Crippen LogP contribution in [-0.2, 0) is 14.3 Å². The number of hydrogen-bond acceptors (Lipinski definition) is 5. The van der Waals surface area contributed by atoms with Gasteiger partial charge >= 0.3 is 0 Å². The molecule has 7 aliphatic rings. The number of nitrogens with zero attached hydrogens (tertiary/aromatic N) is 1. The summed E-state index contributed by atoms with van der Waals surface area (Å²) >= 11 is 0. The second kappa shape index (κ2) is 7.98. The van der Waals surface area contributed by atoms with E-state index >= 15 is 0 Å². The van der Waals surface area contributed by atoms with Crippen LogP contribution in [0.3, 0.4) is 0 Å². The van der Waals surface area contributed by atoms with Gasteiger partial charge in [-0.25, -0.2) is 0 Å². The minimum absolute atomic E-state index is 0.0183. The molecule has 2 saturated heterocycles. The zero-order valence-electron chi connectivity index (χ0n) is 24.5. The molecule has 7 fully saturated rings. The highest BCUT2D eigenvalue weighted by Crippen LogP contribution is 2.89. The smallest absolute Gasteiger partial charge is 0.219 e.